The lowest BCUT2D eigenvalue weighted by Gasteiger charge is -2.27. The molecule has 0 atom stereocenters. The van der Waals surface area contributed by atoms with Gasteiger partial charge in [0.2, 0.25) is 0 Å². The number of anilines is 1. The van der Waals surface area contributed by atoms with E-state index in [0.717, 1.165) is 17.7 Å². The van der Waals surface area contributed by atoms with Crippen molar-refractivity contribution in [2.75, 3.05) is 5.32 Å². The van der Waals surface area contributed by atoms with Crippen molar-refractivity contribution in [1.82, 2.24) is 0 Å². The summed E-state index contributed by atoms with van der Waals surface area (Å²) >= 11 is 0. The molecule has 1 rings (SSSR count). The molecular formula is C13H12F7NO. The minimum atomic E-state index is -6.55. The SMILES string of the molecule is CC(C)c1ccc(NC(=O)C(F)(F)C(F)(F)C(F)(F)F)cc1. The van der Waals surface area contributed by atoms with E-state index in [1.54, 1.807) is 0 Å². The summed E-state index contributed by atoms with van der Waals surface area (Å²) in [6.45, 7) is 3.65. The van der Waals surface area contributed by atoms with Gasteiger partial charge in [-0.05, 0) is 23.6 Å². The third kappa shape index (κ3) is 3.33. The van der Waals surface area contributed by atoms with Crippen LogP contribution < -0.4 is 5.32 Å². The van der Waals surface area contributed by atoms with Crippen LogP contribution in [-0.2, 0) is 4.79 Å². The average Bonchev–Trinajstić information content (AvgIpc) is 2.37. The highest BCUT2D eigenvalue weighted by Gasteiger charge is 2.76. The number of benzene rings is 1. The van der Waals surface area contributed by atoms with E-state index in [-0.39, 0.29) is 11.6 Å². The first-order chi connectivity index (χ1) is 9.80. The monoisotopic (exact) mass is 331 g/mol. The van der Waals surface area contributed by atoms with Crippen LogP contribution in [0.1, 0.15) is 25.3 Å². The standard InChI is InChI=1S/C13H12F7NO/c1-7(2)8-3-5-9(6-4-8)21-10(22)11(14,15)12(16,17)13(18,19)20/h3-7H,1-2H3,(H,21,22). The number of carbonyl (C=O) groups is 1. The van der Waals surface area contributed by atoms with Crippen LogP contribution in [-0.4, -0.2) is 23.9 Å². The second-order valence-corrected chi connectivity index (χ2v) is 4.88. The Morgan fingerprint density at radius 1 is 0.955 bits per heavy atom. The van der Waals surface area contributed by atoms with Crippen molar-refractivity contribution >= 4 is 11.6 Å². The first kappa shape index (κ1) is 18.2. The number of hydrogen-bond donors (Lipinski definition) is 1. The molecule has 1 amide bonds. The molecule has 0 heterocycles. The Bertz CT molecular complexity index is 534. The Morgan fingerprint density at radius 3 is 1.77 bits per heavy atom. The van der Waals surface area contributed by atoms with Crippen molar-refractivity contribution in [3.8, 4) is 0 Å². The summed E-state index contributed by atoms with van der Waals surface area (Å²) in [6.07, 6.45) is -6.55. The molecule has 0 bridgehead atoms. The first-order valence-corrected chi connectivity index (χ1v) is 6.04. The van der Waals surface area contributed by atoms with Gasteiger partial charge < -0.3 is 5.32 Å². The molecule has 0 aliphatic heterocycles. The average molecular weight is 331 g/mol. The number of hydrogen-bond acceptors (Lipinski definition) is 1. The van der Waals surface area contributed by atoms with Gasteiger partial charge in [0.05, 0.1) is 0 Å². The molecule has 2 nitrogen and oxygen atoms in total. The van der Waals surface area contributed by atoms with E-state index in [4.69, 9.17) is 0 Å². The zero-order valence-electron chi connectivity index (χ0n) is 11.4. The Morgan fingerprint density at radius 2 is 1.41 bits per heavy atom. The third-order valence-corrected chi connectivity index (χ3v) is 2.87. The topological polar surface area (TPSA) is 29.1 Å². The van der Waals surface area contributed by atoms with E-state index in [0.29, 0.717) is 0 Å². The van der Waals surface area contributed by atoms with Crippen molar-refractivity contribution < 1.29 is 35.5 Å². The van der Waals surface area contributed by atoms with Crippen molar-refractivity contribution in [2.45, 2.75) is 37.8 Å². The van der Waals surface area contributed by atoms with Crippen molar-refractivity contribution in [2.24, 2.45) is 0 Å². The molecule has 0 saturated heterocycles. The first-order valence-electron chi connectivity index (χ1n) is 6.04. The molecule has 0 aromatic heterocycles. The molecule has 0 radical (unpaired) electrons. The van der Waals surface area contributed by atoms with Gasteiger partial charge in [-0.15, -0.1) is 0 Å². The fraction of sp³-hybridized carbons (Fsp3) is 0.462. The van der Waals surface area contributed by atoms with E-state index < -0.39 is 23.9 Å². The normalized spacial score (nSPS) is 13.4. The summed E-state index contributed by atoms with van der Waals surface area (Å²) in [5.74, 6) is -15.0. The smallest absolute Gasteiger partial charge is 0.321 e. The number of rotatable bonds is 4. The Kier molecular flexibility index (Phi) is 4.79. The van der Waals surface area contributed by atoms with E-state index >= 15 is 0 Å². The lowest BCUT2D eigenvalue weighted by atomic mass is 10.0. The fourth-order valence-corrected chi connectivity index (χ4v) is 1.48. The maximum absolute atomic E-state index is 13.1. The van der Waals surface area contributed by atoms with Gasteiger partial charge >= 0.3 is 23.9 Å². The van der Waals surface area contributed by atoms with Crippen LogP contribution in [0.15, 0.2) is 24.3 Å². The van der Waals surface area contributed by atoms with Gasteiger partial charge in [0.1, 0.15) is 0 Å². The molecule has 0 aliphatic carbocycles. The number of alkyl halides is 7. The van der Waals surface area contributed by atoms with Crippen molar-refractivity contribution in [3.63, 3.8) is 0 Å². The maximum Gasteiger partial charge on any atom is 0.460 e. The second kappa shape index (κ2) is 5.77. The van der Waals surface area contributed by atoms with Crippen LogP contribution in [0.2, 0.25) is 0 Å². The van der Waals surface area contributed by atoms with Gasteiger partial charge in [-0.3, -0.25) is 4.79 Å². The number of amides is 1. The summed E-state index contributed by atoms with van der Waals surface area (Å²) in [4.78, 5) is 11.1. The van der Waals surface area contributed by atoms with E-state index in [2.05, 4.69) is 0 Å². The lowest BCUT2D eigenvalue weighted by Crippen LogP contribution is -2.57. The molecule has 0 saturated carbocycles. The number of halogens is 7. The van der Waals surface area contributed by atoms with Crippen molar-refractivity contribution in [3.05, 3.63) is 29.8 Å². The molecule has 1 N–H and O–H groups in total. The summed E-state index contributed by atoms with van der Waals surface area (Å²) in [5, 5.41) is 1.36. The molecule has 124 valence electrons. The number of nitrogens with one attached hydrogen (secondary N) is 1. The lowest BCUT2D eigenvalue weighted by molar-refractivity contribution is -0.343. The third-order valence-electron chi connectivity index (χ3n) is 2.87. The predicted molar refractivity (Wildman–Crippen MR) is 65.1 cm³/mol. The van der Waals surface area contributed by atoms with Crippen LogP contribution in [0.3, 0.4) is 0 Å². The molecule has 0 unspecified atom stereocenters. The van der Waals surface area contributed by atoms with Gasteiger partial charge in [0.15, 0.2) is 0 Å². The summed E-state index contributed by atoms with van der Waals surface area (Å²) < 4.78 is 87.5. The van der Waals surface area contributed by atoms with Crippen LogP contribution in [0, 0.1) is 0 Å². The highest BCUT2D eigenvalue weighted by Crippen LogP contribution is 2.46. The summed E-state index contributed by atoms with van der Waals surface area (Å²) in [6, 6.07) is 5.13. The zero-order chi connectivity index (χ0) is 17.3. The maximum atomic E-state index is 13.1. The molecule has 0 spiro atoms. The number of carbonyl (C=O) groups excluding carboxylic acids is 1. The minimum absolute atomic E-state index is 0.0840. The molecule has 0 aliphatic rings. The second-order valence-electron chi connectivity index (χ2n) is 4.88. The Labute approximate surface area is 121 Å². The molecule has 22 heavy (non-hydrogen) atoms. The van der Waals surface area contributed by atoms with Gasteiger partial charge in [-0.2, -0.15) is 30.7 Å². The van der Waals surface area contributed by atoms with Gasteiger partial charge in [0, 0.05) is 5.69 Å². The molecule has 1 aromatic carbocycles. The molecule has 1 aromatic rings. The van der Waals surface area contributed by atoms with Gasteiger partial charge in [-0.1, -0.05) is 26.0 Å². The largest absolute Gasteiger partial charge is 0.460 e. The summed E-state index contributed by atoms with van der Waals surface area (Å²) in [7, 11) is 0. The molecular weight excluding hydrogens is 319 g/mol. The van der Waals surface area contributed by atoms with Crippen LogP contribution >= 0.6 is 0 Å². The Balaban J connectivity index is 2.96. The molecule has 0 fully saturated rings. The van der Waals surface area contributed by atoms with E-state index in [9.17, 15) is 35.5 Å². The molecule has 9 heteroatoms. The predicted octanol–water partition coefficient (Wildman–Crippen LogP) is 4.58. The summed E-state index contributed by atoms with van der Waals surface area (Å²) in [5.41, 5.74) is 0.456. The highest BCUT2D eigenvalue weighted by molar-refractivity contribution is 5.97. The van der Waals surface area contributed by atoms with E-state index in [1.807, 2.05) is 13.8 Å². The fourth-order valence-electron chi connectivity index (χ4n) is 1.48. The quantitative estimate of drug-likeness (QED) is 0.804. The van der Waals surface area contributed by atoms with Gasteiger partial charge in [-0.25, -0.2) is 0 Å². The van der Waals surface area contributed by atoms with Crippen LogP contribution in [0.25, 0.3) is 0 Å². The van der Waals surface area contributed by atoms with Crippen LogP contribution in [0.5, 0.6) is 0 Å². The minimum Gasteiger partial charge on any atom is -0.321 e. The van der Waals surface area contributed by atoms with E-state index in [1.165, 1.54) is 17.4 Å². The zero-order valence-corrected chi connectivity index (χ0v) is 11.4. The van der Waals surface area contributed by atoms with Crippen LogP contribution in [0.4, 0.5) is 36.4 Å². The highest BCUT2D eigenvalue weighted by atomic mass is 19.4. The van der Waals surface area contributed by atoms with Crippen molar-refractivity contribution in [1.29, 1.82) is 0 Å². The Hall–Kier alpha value is -1.80. The van der Waals surface area contributed by atoms with Gasteiger partial charge in [0.25, 0.3) is 0 Å².